The number of carboxylic acids is 1. The van der Waals surface area contributed by atoms with Crippen LogP contribution in [0.25, 0.3) is 0 Å². The molecule has 5 unspecified atom stereocenters. The molecule has 168 valence electrons. The van der Waals surface area contributed by atoms with Crippen LogP contribution in [0.1, 0.15) is 66.7 Å². The third kappa shape index (κ3) is 4.66. The van der Waals surface area contributed by atoms with Gasteiger partial charge in [-0.15, -0.1) is 0 Å². The topological polar surface area (TPSA) is 83.8 Å². The van der Waals surface area contributed by atoms with Crippen LogP contribution in [0, 0.1) is 40.9 Å². The fraction of sp³-hybridized carbons (Fsp3) is 0.760. The lowest BCUT2D eigenvalue weighted by Gasteiger charge is -2.48. The molecule has 0 aromatic carbocycles. The summed E-state index contributed by atoms with van der Waals surface area (Å²) in [5, 5.41) is 19.8. The highest BCUT2D eigenvalue weighted by atomic mass is 16.5. The third-order valence-electron chi connectivity index (χ3n) is 8.09. The van der Waals surface area contributed by atoms with E-state index >= 15 is 0 Å². The summed E-state index contributed by atoms with van der Waals surface area (Å²) in [6, 6.07) is 0. The monoisotopic (exact) mass is 418 g/mol. The molecule has 1 heterocycles. The second kappa shape index (κ2) is 8.86. The molecule has 0 aromatic heterocycles. The number of carbonyl (C=O) groups excluding carboxylic acids is 1. The van der Waals surface area contributed by atoms with Gasteiger partial charge in [-0.1, -0.05) is 39.0 Å². The molecule has 3 aliphatic rings. The molecule has 5 heteroatoms. The van der Waals surface area contributed by atoms with Crippen molar-refractivity contribution in [3.63, 3.8) is 0 Å². The van der Waals surface area contributed by atoms with Crippen molar-refractivity contribution >= 4 is 11.9 Å². The van der Waals surface area contributed by atoms with E-state index in [9.17, 15) is 19.8 Å². The van der Waals surface area contributed by atoms with E-state index in [0.29, 0.717) is 36.0 Å². The minimum absolute atomic E-state index is 0.0432. The predicted molar refractivity (Wildman–Crippen MR) is 116 cm³/mol. The number of hydrogen-bond acceptors (Lipinski definition) is 4. The number of allylic oxidation sites excluding steroid dienone is 4. The summed E-state index contributed by atoms with van der Waals surface area (Å²) >= 11 is 0. The molecule has 0 saturated carbocycles. The van der Waals surface area contributed by atoms with Crippen LogP contribution in [0.2, 0.25) is 0 Å². The van der Waals surface area contributed by atoms with Gasteiger partial charge in [-0.05, 0) is 74.2 Å². The lowest BCUT2D eigenvalue weighted by Crippen LogP contribution is -2.44. The molecular formula is C25H38O5. The first kappa shape index (κ1) is 23.1. The van der Waals surface area contributed by atoms with Crippen LogP contribution in [0.15, 0.2) is 23.8 Å². The van der Waals surface area contributed by atoms with Crippen molar-refractivity contribution in [1.82, 2.24) is 0 Å². The number of cyclic esters (lactones) is 1. The maximum atomic E-state index is 12.0. The molecule has 30 heavy (non-hydrogen) atoms. The third-order valence-corrected chi connectivity index (χ3v) is 8.09. The number of hydrogen-bond donors (Lipinski definition) is 2. The quantitative estimate of drug-likeness (QED) is 0.616. The summed E-state index contributed by atoms with van der Waals surface area (Å²) in [5.74, 6) is 0.802. The first-order chi connectivity index (χ1) is 14.0. The largest absolute Gasteiger partial charge is 0.481 e. The molecule has 0 radical (unpaired) electrons. The smallest absolute Gasteiger partial charge is 0.309 e. The molecule has 2 aliphatic carbocycles. The maximum absolute atomic E-state index is 12.0. The Morgan fingerprint density at radius 3 is 2.60 bits per heavy atom. The average Bonchev–Trinajstić information content (AvgIpc) is 2.65. The van der Waals surface area contributed by atoms with Crippen molar-refractivity contribution in [3.8, 4) is 0 Å². The highest BCUT2D eigenvalue weighted by molar-refractivity contribution is 5.74. The van der Waals surface area contributed by atoms with Crippen LogP contribution >= 0.6 is 0 Å². The lowest BCUT2D eigenvalue weighted by atomic mass is 9.56. The van der Waals surface area contributed by atoms with Crippen molar-refractivity contribution in [2.75, 3.05) is 0 Å². The predicted octanol–water partition coefficient (Wildman–Crippen LogP) is 4.60. The van der Waals surface area contributed by atoms with Gasteiger partial charge in [0.25, 0.3) is 0 Å². The second-order valence-corrected chi connectivity index (χ2v) is 10.5. The molecule has 2 N–H and O–H groups in total. The van der Waals surface area contributed by atoms with Crippen LogP contribution in [-0.2, 0) is 14.3 Å². The SMILES string of the molecule is CC1C=C2C=CC(C)C(CC[C@@H]3C[C@@H](O)CC(=O)O3)[C@@H]2C(C(C)C(C)(C)C(=O)O)C1. The molecule has 8 atom stereocenters. The summed E-state index contributed by atoms with van der Waals surface area (Å²) < 4.78 is 5.49. The number of aliphatic carboxylic acids is 1. The Labute approximate surface area is 180 Å². The van der Waals surface area contributed by atoms with E-state index in [1.54, 1.807) is 0 Å². The Morgan fingerprint density at radius 1 is 1.27 bits per heavy atom. The Hall–Kier alpha value is -1.62. The van der Waals surface area contributed by atoms with Crippen molar-refractivity contribution in [1.29, 1.82) is 0 Å². The number of aliphatic hydroxyl groups excluding tert-OH is 1. The molecule has 0 amide bonds. The van der Waals surface area contributed by atoms with E-state index in [1.165, 1.54) is 5.57 Å². The molecule has 3 rings (SSSR count). The lowest BCUT2D eigenvalue weighted by molar-refractivity contribution is -0.160. The van der Waals surface area contributed by atoms with Gasteiger partial charge < -0.3 is 14.9 Å². The Morgan fingerprint density at radius 2 is 1.97 bits per heavy atom. The van der Waals surface area contributed by atoms with Gasteiger partial charge in [0.15, 0.2) is 0 Å². The van der Waals surface area contributed by atoms with E-state index in [1.807, 2.05) is 13.8 Å². The number of carbonyl (C=O) groups is 2. The molecular weight excluding hydrogens is 380 g/mol. The minimum atomic E-state index is -0.787. The van der Waals surface area contributed by atoms with E-state index < -0.39 is 17.5 Å². The second-order valence-electron chi connectivity index (χ2n) is 10.5. The standard InChI is InChI=1S/C25H38O5/c1-14-10-17-7-6-15(2)20(9-8-19-12-18(26)13-22(27)30-19)23(17)21(11-14)16(3)25(4,5)24(28)29/h6-7,10,14-16,18-21,23,26H,8-9,11-13H2,1-5H3,(H,28,29)/t14?,15?,16?,18-,19-,20?,21?,23-/m1/s1. The van der Waals surface area contributed by atoms with E-state index in [4.69, 9.17) is 4.74 Å². The van der Waals surface area contributed by atoms with Crippen molar-refractivity contribution < 1.29 is 24.5 Å². The summed E-state index contributed by atoms with van der Waals surface area (Å²) in [7, 11) is 0. The van der Waals surface area contributed by atoms with E-state index in [2.05, 4.69) is 39.0 Å². The zero-order valence-corrected chi connectivity index (χ0v) is 19.0. The number of ether oxygens (including phenoxy) is 1. The highest BCUT2D eigenvalue weighted by Crippen LogP contribution is 2.52. The van der Waals surface area contributed by atoms with Crippen LogP contribution < -0.4 is 0 Å². The van der Waals surface area contributed by atoms with Gasteiger partial charge in [0.1, 0.15) is 6.10 Å². The Kier molecular flexibility index (Phi) is 6.81. The van der Waals surface area contributed by atoms with Gasteiger partial charge in [0.05, 0.1) is 17.9 Å². The molecule has 0 aromatic rings. The zero-order chi connectivity index (χ0) is 22.2. The van der Waals surface area contributed by atoms with Gasteiger partial charge >= 0.3 is 11.9 Å². The van der Waals surface area contributed by atoms with Gasteiger partial charge in [0.2, 0.25) is 0 Å². The first-order valence-electron chi connectivity index (χ1n) is 11.5. The highest BCUT2D eigenvalue weighted by Gasteiger charge is 2.47. The number of esters is 1. The maximum Gasteiger partial charge on any atom is 0.309 e. The molecule has 1 aliphatic heterocycles. The molecule has 0 spiro atoms. The Bertz CT molecular complexity index is 721. The molecule has 1 saturated heterocycles. The van der Waals surface area contributed by atoms with Crippen molar-refractivity contribution in [2.45, 2.75) is 78.9 Å². The number of fused-ring (bicyclic) bond motifs is 1. The minimum Gasteiger partial charge on any atom is -0.481 e. The van der Waals surface area contributed by atoms with Crippen molar-refractivity contribution in [2.24, 2.45) is 40.9 Å². The summed E-state index contributed by atoms with van der Waals surface area (Å²) in [6.07, 6.45) is 9.32. The summed E-state index contributed by atoms with van der Waals surface area (Å²) in [4.78, 5) is 23.7. The number of carboxylic acid groups (broad SMARTS) is 1. The first-order valence-corrected chi connectivity index (χ1v) is 11.5. The fourth-order valence-electron chi connectivity index (χ4n) is 5.90. The number of aliphatic hydroxyl groups is 1. The fourth-order valence-corrected chi connectivity index (χ4v) is 5.90. The molecule has 1 fully saturated rings. The zero-order valence-electron chi connectivity index (χ0n) is 19.0. The van der Waals surface area contributed by atoms with Crippen LogP contribution in [0.3, 0.4) is 0 Å². The Balaban J connectivity index is 1.83. The van der Waals surface area contributed by atoms with Crippen LogP contribution in [0.4, 0.5) is 0 Å². The van der Waals surface area contributed by atoms with E-state index in [0.717, 1.165) is 19.3 Å². The van der Waals surface area contributed by atoms with Crippen LogP contribution in [-0.4, -0.2) is 34.4 Å². The summed E-state index contributed by atoms with van der Waals surface area (Å²) in [6.45, 7) is 10.3. The van der Waals surface area contributed by atoms with Crippen LogP contribution in [0.5, 0.6) is 0 Å². The van der Waals surface area contributed by atoms with Gasteiger partial charge in [-0.25, -0.2) is 0 Å². The van der Waals surface area contributed by atoms with Gasteiger partial charge in [-0.3, -0.25) is 9.59 Å². The summed E-state index contributed by atoms with van der Waals surface area (Å²) in [5.41, 5.74) is 0.556. The van der Waals surface area contributed by atoms with E-state index in [-0.39, 0.29) is 24.4 Å². The van der Waals surface area contributed by atoms with Crippen molar-refractivity contribution in [3.05, 3.63) is 23.8 Å². The molecule has 5 nitrogen and oxygen atoms in total. The average molecular weight is 419 g/mol. The van der Waals surface area contributed by atoms with Gasteiger partial charge in [-0.2, -0.15) is 0 Å². The number of rotatable bonds is 6. The van der Waals surface area contributed by atoms with Gasteiger partial charge in [0, 0.05) is 6.42 Å². The molecule has 0 bridgehead atoms. The normalized spacial score (nSPS) is 37.7.